The molecule has 0 saturated heterocycles. The largest absolute Gasteiger partial charge is 0.396 e. The van der Waals surface area contributed by atoms with E-state index in [0.29, 0.717) is 16.4 Å². The number of anilines is 3. The number of hydrogen-bond acceptors (Lipinski definition) is 4. The molecule has 0 spiro atoms. The zero-order valence-electron chi connectivity index (χ0n) is 10.7. The Hall–Kier alpha value is -1.76. The zero-order valence-corrected chi connectivity index (χ0v) is 12.3. The van der Waals surface area contributed by atoms with Crippen molar-refractivity contribution in [2.24, 2.45) is 5.14 Å². The lowest BCUT2D eigenvalue weighted by molar-refractivity contribution is 0.598. The fraction of sp³-hybridized carbons (Fsp3) is 0.0769. The van der Waals surface area contributed by atoms with E-state index >= 15 is 0 Å². The van der Waals surface area contributed by atoms with Crippen molar-refractivity contribution in [2.75, 3.05) is 11.1 Å². The van der Waals surface area contributed by atoms with Gasteiger partial charge in [0.25, 0.3) is 0 Å². The number of para-hydroxylation sites is 1. The molecule has 2 aromatic rings. The molecule has 0 aliphatic carbocycles. The smallest absolute Gasteiger partial charge is 0.240 e. The van der Waals surface area contributed by atoms with Crippen LogP contribution >= 0.6 is 11.6 Å². The van der Waals surface area contributed by atoms with E-state index < -0.39 is 10.0 Å². The third kappa shape index (κ3) is 3.04. The second-order valence-electron chi connectivity index (χ2n) is 4.37. The Morgan fingerprint density at radius 3 is 2.50 bits per heavy atom. The molecule has 2 aromatic carbocycles. The van der Waals surface area contributed by atoms with E-state index in [4.69, 9.17) is 22.5 Å². The normalized spacial score (nSPS) is 11.3. The van der Waals surface area contributed by atoms with Crippen LogP contribution in [-0.4, -0.2) is 8.42 Å². The summed E-state index contributed by atoms with van der Waals surface area (Å²) in [4.78, 5) is -0.119. The Balaban J connectivity index is 2.47. The maximum absolute atomic E-state index is 11.4. The van der Waals surface area contributed by atoms with Gasteiger partial charge < -0.3 is 11.1 Å². The van der Waals surface area contributed by atoms with Crippen LogP contribution in [0.15, 0.2) is 41.3 Å². The highest BCUT2D eigenvalue weighted by Gasteiger charge is 2.15. The Labute approximate surface area is 122 Å². The van der Waals surface area contributed by atoms with Crippen LogP contribution in [0.3, 0.4) is 0 Å². The number of halogens is 1. The van der Waals surface area contributed by atoms with Crippen LogP contribution in [0, 0.1) is 6.92 Å². The molecule has 0 heterocycles. The van der Waals surface area contributed by atoms with Gasteiger partial charge in [0, 0.05) is 0 Å². The van der Waals surface area contributed by atoms with Crippen molar-refractivity contribution in [2.45, 2.75) is 11.8 Å². The summed E-state index contributed by atoms with van der Waals surface area (Å²) in [6.07, 6.45) is 0. The van der Waals surface area contributed by atoms with Crippen LogP contribution in [0.4, 0.5) is 17.1 Å². The number of aryl methyl sites for hydroxylation is 1. The first-order chi connectivity index (χ1) is 9.29. The van der Waals surface area contributed by atoms with E-state index in [1.165, 1.54) is 6.07 Å². The lowest BCUT2D eigenvalue weighted by atomic mass is 10.2. The molecular formula is C13H14ClN3O2S. The fourth-order valence-corrected chi connectivity index (χ4v) is 2.63. The van der Waals surface area contributed by atoms with E-state index in [-0.39, 0.29) is 10.6 Å². The molecular weight excluding hydrogens is 298 g/mol. The number of primary sulfonamides is 1. The number of hydrogen-bond donors (Lipinski definition) is 3. The van der Waals surface area contributed by atoms with Crippen molar-refractivity contribution in [3.8, 4) is 0 Å². The number of sulfonamides is 1. The average molecular weight is 312 g/mol. The van der Waals surface area contributed by atoms with Gasteiger partial charge in [0.2, 0.25) is 10.0 Å². The highest BCUT2D eigenvalue weighted by Crippen LogP contribution is 2.32. The van der Waals surface area contributed by atoms with Crippen molar-refractivity contribution in [3.05, 3.63) is 47.0 Å². The number of nitrogen functional groups attached to an aromatic ring is 1. The second kappa shape index (κ2) is 5.32. The van der Waals surface area contributed by atoms with Crippen molar-refractivity contribution in [1.29, 1.82) is 0 Å². The van der Waals surface area contributed by atoms with Crippen molar-refractivity contribution < 1.29 is 8.42 Å². The SMILES string of the molecule is Cc1ccc(Cl)c(Nc2cccc(S(N)(=O)=O)c2N)c1. The molecule has 106 valence electrons. The number of benzene rings is 2. The van der Waals surface area contributed by atoms with Crippen molar-refractivity contribution in [1.82, 2.24) is 0 Å². The first kappa shape index (κ1) is 14.6. The molecule has 0 fully saturated rings. The molecule has 0 unspecified atom stereocenters. The van der Waals surface area contributed by atoms with Gasteiger partial charge in [0.1, 0.15) is 4.90 Å². The van der Waals surface area contributed by atoms with Gasteiger partial charge in [0.15, 0.2) is 0 Å². The molecule has 5 N–H and O–H groups in total. The minimum absolute atomic E-state index is 0.0626. The lowest BCUT2D eigenvalue weighted by Gasteiger charge is -2.13. The molecule has 0 bridgehead atoms. The molecule has 5 nitrogen and oxygen atoms in total. The topological polar surface area (TPSA) is 98.2 Å². The van der Waals surface area contributed by atoms with Gasteiger partial charge in [-0.15, -0.1) is 0 Å². The van der Waals surface area contributed by atoms with Gasteiger partial charge in [0.05, 0.1) is 22.1 Å². The Bertz CT molecular complexity index is 760. The van der Waals surface area contributed by atoms with Gasteiger partial charge in [-0.25, -0.2) is 13.6 Å². The number of nitrogens with two attached hydrogens (primary N) is 2. The predicted molar refractivity (Wildman–Crippen MR) is 81.7 cm³/mol. The fourth-order valence-electron chi connectivity index (χ4n) is 1.78. The summed E-state index contributed by atoms with van der Waals surface area (Å²) in [5.74, 6) is 0. The number of nitrogens with one attached hydrogen (secondary N) is 1. The van der Waals surface area contributed by atoms with Gasteiger partial charge in [-0.1, -0.05) is 23.7 Å². The summed E-state index contributed by atoms with van der Waals surface area (Å²) in [7, 11) is -3.86. The maximum atomic E-state index is 11.4. The van der Waals surface area contributed by atoms with Crippen LogP contribution in [0.2, 0.25) is 5.02 Å². The average Bonchev–Trinajstić information content (AvgIpc) is 2.35. The van der Waals surface area contributed by atoms with Crippen LogP contribution in [-0.2, 0) is 10.0 Å². The van der Waals surface area contributed by atoms with Crippen molar-refractivity contribution in [3.63, 3.8) is 0 Å². The van der Waals surface area contributed by atoms with Crippen LogP contribution in [0.5, 0.6) is 0 Å². The molecule has 0 radical (unpaired) electrons. The minimum atomic E-state index is -3.86. The molecule has 0 amide bonds. The summed E-state index contributed by atoms with van der Waals surface area (Å²) >= 11 is 6.08. The molecule has 0 aromatic heterocycles. The Morgan fingerprint density at radius 1 is 1.15 bits per heavy atom. The summed E-state index contributed by atoms with van der Waals surface area (Å²) in [5.41, 5.74) is 7.99. The Morgan fingerprint density at radius 2 is 1.85 bits per heavy atom. The van der Waals surface area contributed by atoms with E-state index in [1.807, 2.05) is 19.1 Å². The van der Waals surface area contributed by atoms with Crippen LogP contribution < -0.4 is 16.2 Å². The molecule has 0 saturated carbocycles. The van der Waals surface area contributed by atoms with Crippen LogP contribution in [0.25, 0.3) is 0 Å². The van der Waals surface area contributed by atoms with E-state index in [9.17, 15) is 8.42 Å². The van der Waals surface area contributed by atoms with Gasteiger partial charge in [-0.2, -0.15) is 0 Å². The highest BCUT2D eigenvalue weighted by atomic mass is 35.5. The van der Waals surface area contributed by atoms with Gasteiger partial charge in [-0.3, -0.25) is 0 Å². The lowest BCUT2D eigenvalue weighted by Crippen LogP contribution is -2.15. The zero-order chi connectivity index (χ0) is 14.9. The second-order valence-corrected chi connectivity index (χ2v) is 6.31. The summed E-state index contributed by atoms with van der Waals surface area (Å²) in [6.45, 7) is 1.92. The molecule has 7 heteroatoms. The maximum Gasteiger partial charge on any atom is 0.240 e. The quantitative estimate of drug-likeness (QED) is 0.759. The van der Waals surface area contributed by atoms with E-state index in [1.54, 1.807) is 18.2 Å². The standard InChI is InChI=1S/C13H14ClN3O2S/c1-8-5-6-9(14)11(7-8)17-10-3-2-4-12(13(10)15)20(16,18)19/h2-7,17H,15H2,1H3,(H2,16,18,19). The predicted octanol–water partition coefficient (Wildman–Crippen LogP) is 2.62. The summed E-state index contributed by atoms with van der Waals surface area (Å²) < 4.78 is 22.8. The van der Waals surface area contributed by atoms with E-state index in [2.05, 4.69) is 5.32 Å². The third-order valence-corrected chi connectivity index (χ3v) is 4.06. The molecule has 2 rings (SSSR count). The first-order valence-corrected chi connectivity index (χ1v) is 7.66. The van der Waals surface area contributed by atoms with Crippen LogP contribution in [0.1, 0.15) is 5.56 Å². The summed E-state index contributed by atoms with van der Waals surface area (Å²) in [5, 5.41) is 8.64. The minimum Gasteiger partial charge on any atom is -0.396 e. The van der Waals surface area contributed by atoms with E-state index in [0.717, 1.165) is 5.56 Å². The molecule has 20 heavy (non-hydrogen) atoms. The highest BCUT2D eigenvalue weighted by molar-refractivity contribution is 7.89. The Kier molecular flexibility index (Phi) is 3.89. The van der Waals surface area contributed by atoms with Gasteiger partial charge >= 0.3 is 0 Å². The first-order valence-electron chi connectivity index (χ1n) is 5.73. The molecule has 0 aliphatic rings. The number of rotatable bonds is 3. The monoisotopic (exact) mass is 311 g/mol. The summed E-state index contributed by atoms with van der Waals surface area (Å²) in [6, 6.07) is 10.0. The van der Waals surface area contributed by atoms with Gasteiger partial charge in [-0.05, 0) is 36.8 Å². The van der Waals surface area contributed by atoms with Crippen molar-refractivity contribution >= 4 is 38.7 Å². The molecule has 0 aliphatic heterocycles. The third-order valence-electron chi connectivity index (χ3n) is 2.76. The molecule has 0 atom stereocenters.